The van der Waals surface area contributed by atoms with E-state index < -0.39 is 23.5 Å². The summed E-state index contributed by atoms with van der Waals surface area (Å²) in [5.41, 5.74) is 1.69. The van der Waals surface area contributed by atoms with Gasteiger partial charge in [0.25, 0.3) is 5.91 Å². The van der Waals surface area contributed by atoms with Crippen LogP contribution in [0.5, 0.6) is 5.75 Å². The van der Waals surface area contributed by atoms with Gasteiger partial charge in [0.1, 0.15) is 12.4 Å². The molecule has 1 N–H and O–H groups in total. The highest BCUT2D eigenvalue weighted by Gasteiger charge is 2.42. The Labute approximate surface area is 201 Å². The number of likely N-dealkylation sites (N-methyl/N-ethyl adjacent to an activating group) is 1. The van der Waals surface area contributed by atoms with E-state index in [1.165, 1.54) is 6.08 Å². The predicted molar refractivity (Wildman–Crippen MR) is 135 cm³/mol. The molecule has 0 aliphatic carbocycles. The summed E-state index contributed by atoms with van der Waals surface area (Å²) < 4.78 is 5.57. The third-order valence-electron chi connectivity index (χ3n) is 5.91. The lowest BCUT2D eigenvalue weighted by atomic mass is 9.95. The van der Waals surface area contributed by atoms with Crippen molar-refractivity contribution in [1.82, 2.24) is 9.80 Å². The fraction of sp³-hybridized carbons (Fsp3) is 0.286. The van der Waals surface area contributed by atoms with Crippen LogP contribution in [-0.4, -0.2) is 59.4 Å². The van der Waals surface area contributed by atoms with Gasteiger partial charge in [0.05, 0.1) is 11.6 Å². The Hall–Kier alpha value is -3.64. The zero-order valence-corrected chi connectivity index (χ0v) is 19.8. The molecular formula is C28H32N2O4. The number of hydrogen-bond acceptors (Lipinski definition) is 5. The van der Waals surface area contributed by atoms with Gasteiger partial charge in [0, 0.05) is 13.1 Å². The first-order chi connectivity index (χ1) is 16.5. The third kappa shape index (κ3) is 5.83. The molecule has 6 heteroatoms. The molecule has 6 nitrogen and oxygen atoms in total. The maximum atomic E-state index is 13.2. The van der Waals surface area contributed by atoms with Crippen LogP contribution in [0.4, 0.5) is 0 Å². The smallest absolute Gasteiger partial charge is 0.290 e. The van der Waals surface area contributed by atoms with Gasteiger partial charge >= 0.3 is 0 Å². The lowest BCUT2D eigenvalue weighted by Crippen LogP contribution is -2.38. The first-order valence-electron chi connectivity index (χ1n) is 11.6. The molecule has 178 valence electrons. The second kappa shape index (κ2) is 12.0. The SMILES string of the molecule is C=CCOc1ccc(C2C(C(=O)/C=C/c3ccccc3)=C(O)C(=O)N2CCN(CC)CC)cc1. The molecule has 0 spiro atoms. The second-order valence-corrected chi connectivity index (χ2v) is 7.97. The number of carbonyl (C=O) groups excluding carboxylic acids is 2. The van der Waals surface area contributed by atoms with Crippen LogP contribution in [0.15, 0.2) is 84.7 Å². The van der Waals surface area contributed by atoms with E-state index in [1.54, 1.807) is 29.2 Å². The molecule has 34 heavy (non-hydrogen) atoms. The molecule has 2 aromatic rings. The molecular weight excluding hydrogens is 428 g/mol. The zero-order chi connectivity index (χ0) is 24.5. The van der Waals surface area contributed by atoms with Crippen molar-refractivity contribution < 1.29 is 19.4 Å². The Morgan fingerprint density at radius 3 is 2.41 bits per heavy atom. The molecule has 0 saturated heterocycles. The average Bonchev–Trinajstić information content (AvgIpc) is 3.12. The fourth-order valence-corrected chi connectivity index (χ4v) is 4.00. The van der Waals surface area contributed by atoms with E-state index >= 15 is 0 Å². The van der Waals surface area contributed by atoms with Crippen molar-refractivity contribution in [3.8, 4) is 5.75 Å². The van der Waals surface area contributed by atoms with Crippen LogP contribution in [0, 0.1) is 0 Å². The van der Waals surface area contributed by atoms with Crippen LogP contribution in [-0.2, 0) is 9.59 Å². The van der Waals surface area contributed by atoms with Crippen molar-refractivity contribution in [2.75, 3.05) is 32.8 Å². The fourth-order valence-electron chi connectivity index (χ4n) is 4.00. The molecule has 1 aliphatic heterocycles. The number of ketones is 1. The summed E-state index contributed by atoms with van der Waals surface area (Å²) in [6.45, 7) is 10.9. The van der Waals surface area contributed by atoms with E-state index in [9.17, 15) is 14.7 Å². The van der Waals surface area contributed by atoms with Crippen LogP contribution in [0.1, 0.15) is 31.0 Å². The molecule has 0 aromatic heterocycles. The number of aliphatic hydroxyl groups is 1. The Balaban J connectivity index is 1.93. The van der Waals surface area contributed by atoms with Gasteiger partial charge < -0.3 is 19.6 Å². The van der Waals surface area contributed by atoms with Crippen molar-refractivity contribution in [3.05, 3.63) is 95.8 Å². The largest absolute Gasteiger partial charge is 0.503 e. The zero-order valence-electron chi connectivity index (χ0n) is 19.8. The highest BCUT2D eigenvalue weighted by Crippen LogP contribution is 2.38. The summed E-state index contributed by atoms with van der Waals surface area (Å²) in [7, 11) is 0. The lowest BCUT2D eigenvalue weighted by molar-refractivity contribution is -0.129. The minimum Gasteiger partial charge on any atom is -0.503 e. The number of aliphatic hydroxyl groups excluding tert-OH is 1. The number of amides is 1. The van der Waals surface area contributed by atoms with Crippen LogP contribution < -0.4 is 4.74 Å². The topological polar surface area (TPSA) is 70.1 Å². The summed E-state index contributed by atoms with van der Waals surface area (Å²) >= 11 is 0. The van der Waals surface area contributed by atoms with Gasteiger partial charge in [-0.3, -0.25) is 9.59 Å². The molecule has 1 amide bonds. The molecule has 2 aromatic carbocycles. The van der Waals surface area contributed by atoms with Gasteiger partial charge in [-0.25, -0.2) is 0 Å². The standard InChI is InChI=1S/C28H32N2O4/c1-4-20-34-23-15-13-22(14-16-23)26-25(24(31)17-12-21-10-8-7-9-11-21)27(32)28(33)30(26)19-18-29(5-2)6-3/h4,7-17,26,32H,1,5-6,18-20H2,2-3H3/b17-12+. The van der Waals surface area contributed by atoms with E-state index in [-0.39, 0.29) is 5.57 Å². The van der Waals surface area contributed by atoms with Crippen molar-refractivity contribution >= 4 is 17.8 Å². The quantitative estimate of drug-likeness (QED) is 0.371. The molecule has 3 rings (SSSR count). The number of nitrogens with zero attached hydrogens (tertiary/aromatic N) is 2. The monoisotopic (exact) mass is 460 g/mol. The summed E-state index contributed by atoms with van der Waals surface area (Å²) in [6.07, 6.45) is 4.76. The Kier molecular flexibility index (Phi) is 8.82. The maximum Gasteiger partial charge on any atom is 0.290 e. The van der Waals surface area contributed by atoms with E-state index in [0.717, 1.165) is 24.2 Å². The van der Waals surface area contributed by atoms with Gasteiger partial charge in [-0.05, 0) is 42.4 Å². The van der Waals surface area contributed by atoms with Gasteiger partial charge in [0.15, 0.2) is 11.5 Å². The van der Waals surface area contributed by atoms with Gasteiger partial charge in [0.2, 0.25) is 0 Å². The van der Waals surface area contributed by atoms with E-state index in [4.69, 9.17) is 4.74 Å². The number of rotatable bonds is 12. The Morgan fingerprint density at radius 2 is 1.79 bits per heavy atom. The van der Waals surface area contributed by atoms with E-state index in [1.807, 2.05) is 42.5 Å². The number of ether oxygens (including phenoxy) is 1. The summed E-state index contributed by atoms with van der Waals surface area (Å²) in [4.78, 5) is 30.1. The lowest BCUT2D eigenvalue weighted by Gasteiger charge is -2.29. The molecule has 1 heterocycles. The highest BCUT2D eigenvalue weighted by molar-refractivity contribution is 6.14. The molecule has 0 bridgehead atoms. The molecule has 0 fully saturated rings. The Bertz CT molecular complexity index is 1050. The third-order valence-corrected chi connectivity index (χ3v) is 5.91. The van der Waals surface area contributed by atoms with Crippen LogP contribution in [0.2, 0.25) is 0 Å². The minimum absolute atomic E-state index is 0.0940. The molecule has 1 aliphatic rings. The van der Waals surface area contributed by atoms with Crippen LogP contribution in [0.25, 0.3) is 6.08 Å². The second-order valence-electron chi connectivity index (χ2n) is 7.97. The normalized spacial score (nSPS) is 16.0. The summed E-state index contributed by atoms with van der Waals surface area (Å²) in [5, 5.41) is 10.8. The predicted octanol–water partition coefficient (Wildman–Crippen LogP) is 4.57. The van der Waals surface area contributed by atoms with Gasteiger partial charge in [-0.1, -0.05) is 75.0 Å². The van der Waals surface area contributed by atoms with Crippen molar-refractivity contribution in [1.29, 1.82) is 0 Å². The summed E-state index contributed by atoms with van der Waals surface area (Å²) in [6, 6.07) is 16.0. The van der Waals surface area contributed by atoms with Crippen LogP contribution >= 0.6 is 0 Å². The van der Waals surface area contributed by atoms with Gasteiger partial charge in [-0.15, -0.1) is 0 Å². The van der Waals surface area contributed by atoms with Crippen molar-refractivity contribution in [2.45, 2.75) is 19.9 Å². The molecule has 1 unspecified atom stereocenters. The highest BCUT2D eigenvalue weighted by atomic mass is 16.5. The molecule has 0 radical (unpaired) electrons. The Morgan fingerprint density at radius 1 is 1.12 bits per heavy atom. The number of hydrogen-bond donors (Lipinski definition) is 1. The molecule has 0 saturated carbocycles. The maximum absolute atomic E-state index is 13.2. The summed E-state index contributed by atoms with van der Waals surface area (Å²) in [5.74, 6) is -0.746. The van der Waals surface area contributed by atoms with E-state index in [2.05, 4.69) is 25.3 Å². The van der Waals surface area contributed by atoms with Crippen molar-refractivity contribution in [3.63, 3.8) is 0 Å². The number of benzene rings is 2. The average molecular weight is 461 g/mol. The van der Waals surface area contributed by atoms with Crippen LogP contribution in [0.3, 0.4) is 0 Å². The van der Waals surface area contributed by atoms with E-state index in [0.29, 0.717) is 25.4 Å². The number of allylic oxidation sites excluding steroid dienone is 1. The first kappa shape index (κ1) is 25.0. The van der Waals surface area contributed by atoms with Gasteiger partial charge in [-0.2, -0.15) is 0 Å². The number of carbonyl (C=O) groups is 2. The minimum atomic E-state index is -0.676. The molecule has 1 atom stereocenters. The first-order valence-corrected chi connectivity index (χ1v) is 11.6. The van der Waals surface area contributed by atoms with Crippen molar-refractivity contribution in [2.24, 2.45) is 0 Å².